The first-order valence-electron chi connectivity index (χ1n) is 6.11. The summed E-state index contributed by atoms with van der Waals surface area (Å²) in [4.78, 5) is 18.6. The van der Waals surface area contributed by atoms with E-state index >= 15 is 0 Å². The summed E-state index contributed by atoms with van der Waals surface area (Å²) in [7, 11) is 0. The second kappa shape index (κ2) is 5.68. The molecular formula is C12H19N3O. The van der Waals surface area contributed by atoms with Crippen molar-refractivity contribution in [1.29, 1.82) is 0 Å². The lowest BCUT2D eigenvalue weighted by atomic mass is 10.1. The molecule has 4 nitrogen and oxygen atoms in total. The molecule has 1 amide bonds. The summed E-state index contributed by atoms with van der Waals surface area (Å²) in [5.74, 6) is 0.108. The van der Waals surface area contributed by atoms with Gasteiger partial charge in [0, 0.05) is 17.9 Å². The van der Waals surface area contributed by atoms with Crippen LogP contribution in [-0.4, -0.2) is 21.9 Å². The molecule has 1 aromatic heterocycles. The molecule has 88 valence electrons. The third-order valence-electron chi connectivity index (χ3n) is 3.13. The van der Waals surface area contributed by atoms with Gasteiger partial charge >= 0.3 is 0 Å². The van der Waals surface area contributed by atoms with E-state index in [-0.39, 0.29) is 5.91 Å². The van der Waals surface area contributed by atoms with Crippen LogP contribution in [0.1, 0.15) is 44.2 Å². The van der Waals surface area contributed by atoms with Crippen molar-refractivity contribution in [3.05, 3.63) is 18.2 Å². The summed E-state index contributed by atoms with van der Waals surface area (Å²) < 4.78 is 0. The minimum atomic E-state index is 0.108. The summed E-state index contributed by atoms with van der Waals surface area (Å²) in [5.41, 5.74) is 0.881. The lowest BCUT2D eigenvalue weighted by Gasteiger charge is -2.15. The normalized spacial score (nSPS) is 18.0. The van der Waals surface area contributed by atoms with E-state index in [1.807, 2.05) is 0 Å². The van der Waals surface area contributed by atoms with Crippen molar-refractivity contribution >= 4 is 5.91 Å². The molecule has 4 heteroatoms. The second-order valence-electron chi connectivity index (χ2n) is 4.51. The number of carbonyl (C=O) groups excluding carboxylic acids is 1. The number of aromatic nitrogens is 2. The minimum Gasteiger partial charge on any atom is -0.353 e. The molecular weight excluding hydrogens is 202 g/mol. The molecule has 1 heterocycles. The fourth-order valence-corrected chi connectivity index (χ4v) is 2.26. The standard InChI is InChI=1S/C12H19N3O/c16-12(7-11-8-13-9-14-11)15-10-5-3-1-2-4-6-10/h8-10H,1-7H2,(H,13,14)(H,15,16). The predicted molar refractivity (Wildman–Crippen MR) is 61.9 cm³/mol. The van der Waals surface area contributed by atoms with Gasteiger partial charge in [0.25, 0.3) is 0 Å². The minimum absolute atomic E-state index is 0.108. The van der Waals surface area contributed by atoms with Crippen LogP contribution in [0.2, 0.25) is 0 Å². The van der Waals surface area contributed by atoms with Crippen LogP contribution < -0.4 is 5.32 Å². The number of aromatic amines is 1. The first-order chi connectivity index (χ1) is 7.84. The van der Waals surface area contributed by atoms with Gasteiger partial charge in [0.2, 0.25) is 5.91 Å². The topological polar surface area (TPSA) is 57.8 Å². The van der Waals surface area contributed by atoms with Gasteiger partial charge in [-0.05, 0) is 12.8 Å². The van der Waals surface area contributed by atoms with Crippen LogP contribution in [0.4, 0.5) is 0 Å². The largest absolute Gasteiger partial charge is 0.353 e. The molecule has 0 aliphatic heterocycles. The highest BCUT2D eigenvalue weighted by molar-refractivity contribution is 5.78. The molecule has 0 radical (unpaired) electrons. The Balaban J connectivity index is 1.77. The zero-order valence-electron chi connectivity index (χ0n) is 9.54. The van der Waals surface area contributed by atoms with E-state index in [9.17, 15) is 4.79 Å². The first-order valence-corrected chi connectivity index (χ1v) is 6.11. The Morgan fingerprint density at radius 3 is 2.75 bits per heavy atom. The Kier molecular flexibility index (Phi) is 3.97. The van der Waals surface area contributed by atoms with Crippen LogP contribution in [0.5, 0.6) is 0 Å². The SMILES string of the molecule is O=C(Cc1cnc[nH]1)NC1CCCCCC1. The molecule has 2 rings (SSSR count). The summed E-state index contributed by atoms with van der Waals surface area (Å²) in [6.07, 6.45) is 11.1. The van der Waals surface area contributed by atoms with Gasteiger partial charge in [-0.3, -0.25) is 4.79 Å². The number of carbonyl (C=O) groups is 1. The number of hydrogen-bond donors (Lipinski definition) is 2. The van der Waals surface area contributed by atoms with Gasteiger partial charge in [-0.15, -0.1) is 0 Å². The maximum absolute atomic E-state index is 11.7. The van der Waals surface area contributed by atoms with E-state index in [4.69, 9.17) is 0 Å². The highest BCUT2D eigenvalue weighted by atomic mass is 16.1. The third-order valence-corrected chi connectivity index (χ3v) is 3.13. The number of imidazole rings is 1. The predicted octanol–water partition coefficient (Wildman–Crippen LogP) is 1.79. The zero-order valence-corrected chi connectivity index (χ0v) is 9.54. The van der Waals surface area contributed by atoms with Gasteiger partial charge in [-0.1, -0.05) is 25.7 Å². The van der Waals surface area contributed by atoms with Crippen molar-refractivity contribution < 1.29 is 4.79 Å². The Labute approximate surface area is 95.9 Å². The number of rotatable bonds is 3. The van der Waals surface area contributed by atoms with Gasteiger partial charge in [0.1, 0.15) is 0 Å². The van der Waals surface area contributed by atoms with Crippen LogP contribution in [0, 0.1) is 0 Å². The fraction of sp³-hybridized carbons (Fsp3) is 0.667. The molecule has 0 spiro atoms. The second-order valence-corrected chi connectivity index (χ2v) is 4.51. The summed E-state index contributed by atoms with van der Waals surface area (Å²) >= 11 is 0. The quantitative estimate of drug-likeness (QED) is 0.764. The molecule has 0 unspecified atom stereocenters. The van der Waals surface area contributed by atoms with Crippen molar-refractivity contribution in [2.24, 2.45) is 0 Å². The van der Waals surface area contributed by atoms with Gasteiger partial charge in [-0.2, -0.15) is 0 Å². The number of nitrogens with zero attached hydrogens (tertiary/aromatic N) is 1. The van der Waals surface area contributed by atoms with E-state index in [0.717, 1.165) is 18.5 Å². The van der Waals surface area contributed by atoms with E-state index in [1.54, 1.807) is 12.5 Å². The Hall–Kier alpha value is -1.32. The monoisotopic (exact) mass is 221 g/mol. The summed E-state index contributed by atoms with van der Waals surface area (Å²) in [6.45, 7) is 0. The van der Waals surface area contributed by atoms with E-state index in [0.29, 0.717) is 12.5 Å². The Morgan fingerprint density at radius 1 is 1.38 bits per heavy atom. The maximum Gasteiger partial charge on any atom is 0.226 e. The number of hydrogen-bond acceptors (Lipinski definition) is 2. The lowest BCUT2D eigenvalue weighted by Crippen LogP contribution is -2.35. The molecule has 16 heavy (non-hydrogen) atoms. The highest BCUT2D eigenvalue weighted by Crippen LogP contribution is 2.17. The van der Waals surface area contributed by atoms with Crippen molar-refractivity contribution in [2.75, 3.05) is 0 Å². The fourth-order valence-electron chi connectivity index (χ4n) is 2.26. The van der Waals surface area contributed by atoms with Crippen molar-refractivity contribution in [3.8, 4) is 0 Å². The van der Waals surface area contributed by atoms with Crippen molar-refractivity contribution in [2.45, 2.75) is 51.0 Å². The van der Waals surface area contributed by atoms with Gasteiger partial charge in [0.05, 0.1) is 12.7 Å². The smallest absolute Gasteiger partial charge is 0.226 e. The molecule has 0 saturated heterocycles. The van der Waals surface area contributed by atoms with E-state index < -0.39 is 0 Å². The van der Waals surface area contributed by atoms with Crippen LogP contribution in [0.15, 0.2) is 12.5 Å². The van der Waals surface area contributed by atoms with E-state index in [1.165, 1.54) is 25.7 Å². The number of amides is 1. The van der Waals surface area contributed by atoms with Gasteiger partial charge in [-0.25, -0.2) is 4.98 Å². The molecule has 1 saturated carbocycles. The maximum atomic E-state index is 11.7. The van der Waals surface area contributed by atoms with Crippen LogP contribution in [0.25, 0.3) is 0 Å². The molecule has 2 N–H and O–H groups in total. The lowest BCUT2D eigenvalue weighted by molar-refractivity contribution is -0.121. The van der Waals surface area contributed by atoms with Crippen LogP contribution in [-0.2, 0) is 11.2 Å². The van der Waals surface area contributed by atoms with Crippen molar-refractivity contribution in [3.63, 3.8) is 0 Å². The van der Waals surface area contributed by atoms with Crippen LogP contribution in [0.3, 0.4) is 0 Å². The number of H-pyrrole nitrogens is 1. The molecule has 0 bridgehead atoms. The first kappa shape index (κ1) is 11.2. The average molecular weight is 221 g/mol. The third kappa shape index (κ3) is 3.36. The molecule has 0 atom stereocenters. The molecule has 1 aliphatic carbocycles. The molecule has 1 aliphatic rings. The summed E-state index contributed by atoms with van der Waals surface area (Å²) in [5, 5.41) is 3.11. The van der Waals surface area contributed by atoms with Gasteiger partial charge in [0.15, 0.2) is 0 Å². The molecule has 1 fully saturated rings. The van der Waals surface area contributed by atoms with Crippen molar-refractivity contribution in [1.82, 2.24) is 15.3 Å². The Morgan fingerprint density at radius 2 is 2.12 bits per heavy atom. The number of nitrogens with one attached hydrogen (secondary N) is 2. The molecule has 0 aromatic carbocycles. The average Bonchev–Trinajstić information content (AvgIpc) is 2.62. The van der Waals surface area contributed by atoms with Crippen LogP contribution >= 0.6 is 0 Å². The van der Waals surface area contributed by atoms with E-state index in [2.05, 4.69) is 15.3 Å². The molecule has 1 aromatic rings. The highest BCUT2D eigenvalue weighted by Gasteiger charge is 2.14. The Bertz CT molecular complexity index is 313. The van der Waals surface area contributed by atoms with Gasteiger partial charge < -0.3 is 10.3 Å². The zero-order chi connectivity index (χ0) is 11.2. The summed E-state index contributed by atoms with van der Waals surface area (Å²) in [6, 6.07) is 0.387.